The van der Waals surface area contributed by atoms with Crippen LogP contribution in [-0.2, 0) is 62.3 Å². The summed E-state index contributed by atoms with van der Waals surface area (Å²) in [5, 5.41) is 20.5. The highest BCUT2D eigenvalue weighted by Gasteiger charge is 2.63. The summed E-state index contributed by atoms with van der Waals surface area (Å²) in [7, 11) is 0. The predicted molar refractivity (Wildman–Crippen MR) is 300 cm³/mol. The highest BCUT2D eigenvalue weighted by atomic mass is 35.5. The van der Waals surface area contributed by atoms with Crippen LogP contribution in [0.2, 0.25) is 0 Å². The van der Waals surface area contributed by atoms with Crippen LogP contribution in [0, 0.1) is 0 Å². The fourth-order valence-electron chi connectivity index (χ4n) is 8.95. The van der Waals surface area contributed by atoms with Gasteiger partial charge >= 0.3 is 0 Å². The minimum absolute atomic E-state index is 0.0169. The molecule has 2 fully saturated rings. The number of hydrogen-bond acceptors (Lipinski definition) is 19. The van der Waals surface area contributed by atoms with Gasteiger partial charge in [-0.05, 0) is 130 Å². The number of Topliss-reactive ketones (excluding diaryl/α,β-unsaturated/α-hetero) is 5. The van der Waals surface area contributed by atoms with Crippen molar-refractivity contribution < 1.29 is 62.3 Å². The Morgan fingerprint density at radius 2 is 0.793 bits per heavy atom. The molecule has 0 radical (unpaired) electrons. The Hall–Kier alpha value is -6.93. The van der Waals surface area contributed by atoms with Gasteiger partial charge < -0.3 is 88.4 Å². The van der Waals surface area contributed by atoms with Crippen molar-refractivity contribution in [3.63, 3.8) is 0 Å². The number of carbonyl (C=O) groups excluding carboxylic acids is 13. The molecule has 2 saturated heterocycles. The number of nitrogens with two attached hydrogens (primary N) is 8. The molecule has 24 N–H and O–H groups in total. The van der Waals surface area contributed by atoms with Gasteiger partial charge in [0.1, 0.15) is 24.2 Å². The third kappa shape index (κ3) is 22.1. The lowest BCUT2D eigenvalue weighted by Gasteiger charge is -2.35. The Balaban J connectivity index is 2.63. The molecule has 2 rings (SSSR count). The molecule has 2 aliphatic rings. The number of unbranched alkanes of at least 4 members (excludes halogenated alkanes) is 2. The molecular weight excluding hydrogens is 1120 g/mol. The van der Waals surface area contributed by atoms with E-state index in [0.29, 0.717) is 52.6 Å². The van der Waals surface area contributed by atoms with Crippen LogP contribution >= 0.6 is 23.2 Å². The number of amides is 8. The third-order valence-corrected chi connectivity index (χ3v) is 14.7. The van der Waals surface area contributed by atoms with Crippen LogP contribution in [0.4, 0.5) is 0 Å². The van der Waals surface area contributed by atoms with Gasteiger partial charge in [-0.15, -0.1) is 0 Å². The first-order valence-corrected chi connectivity index (χ1v) is 27.7. The predicted octanol–water partition coefficient (Wildman–Crippen LogP) is -6.64. The van der Waals surface area contributed by atoms with Crippen molar-refractivity contribution in [1.29, 1.82) is 0 Å². The molecule has 2 heterocycles. The highest BCUT2D eigenvalue weighted by Crippen LogP contribution is 2.35. The average Bonchev–Trinajstić information content (AvgIpc) is 3.38. The van der Waals surface area contributed by atoms with E-state index in [4.69, 9.17) is 69.1 Å². The van der Waals surface area contributed by atoms with Gasteiger partial charge in [-0.3, -0.25) is 72.3 Å². The first-order chi connectivity index (χ1) is 38.6. The van der Waals surface area contributed by atoms with E-state index >= 15 is 0 Å². The maximum absolute atomic E-state index is 15.0. The van der Waals surface area contributed by atoms with Crippen molar-refractivity contribution in [2.45, 2.75) is 175 Å². The summed E-state index contributed by atoms with van der Waals surface area (Å²) in [6.45, 7) is 2.50. The molecule has 460 valence electrons. The number of ketones is 5. The fourth-order valence-corrected chi connectivity index (χ4v) is 9.54. The summed E-state index contributed by atoms with van der Waals surface area (Å²) in [5.41, 5.74) is 44.1. The zero-order chi connectivity index (χ0) is 61.9. The zero-order valence-electron chi connectivity index (χ0n) is 46.3. The number of alkyl halides is 2. The molecule has 33 heteroatoms. The summed E-state index contributed by atoms with van der Waals surface area (Å²) in [6.07, 6.45) is -0.0237. The SMILES string of the molecule is CC(=O)C(Cl)(C(=O)[C@H](CCCCN)NC(=O)[C@H](CC(N)=O)NC(=O)[C@H](CCCN=C(N)N)NC(=O)[C@@H]1CCCN1)C(=O)C(Cl)(C(C)=O)C(=O)[C@H](CCCCN)NC(=O)[C@H](CC(N)=O)NC(=O)[C@H](CCCN=C(N)N)NC(=O)[C@@H]1CCCN1. The number of nitrogens with one attached hydrogen (secondary N) is 8. The number of halogens is 2. The van der Waals surface area contributed by atoms with E-state index in [2.05, 4.69) is 52.5 Å². The molecule has 10 atom stereocenters. The zero-order valence-corrected chi connectivity index (χ0v) is 47.8. The number of primary amides is 2. The van der Waals surface area contributed by atoms with Crippen LogP contribution in [0.1, 0.15) is 117 Å². The number of carbonyl (C=O) groups is 13. The van der Waals surface area contributed by atoms with Gasteiger partial charge in [0.15, 0.2) is 35.1 Å². The largest absolute Gasteiger partial charge is 0.370 e. The van der Waals surface area contributed by atoms with E-state index in [-0.39, 0.29) is 89.5 Å². The second-order valence-corrected chi connectivity index (χ2v) is 21.1. The van der Waals surface area contributed by atoms with Gasteiger partial charge in [-0.1, -0.05) is 23.2 Å². The molecule has 0 aliphatic carbocycles. The third-order valence-electron chi connectivity index (χ3n) is 13.4. The quantitative estimate of drug-likeness (QED) is 0.00892. The van der Waals surface area contributed by atoms with Gasteiger partial charge in [-0.25, -0.2) is 0 Å². The maximum Gasteiger partial charge on any atom is 0.243 e. The molecule has 0 spiro atoms. The van der Waals surface area contributed by atoms with Crippen LogP contribution in [-0.4, -0.2) is 185 Å². The molecule has 31 nitrogen and oxygen atoms in total. The topological polar surface area (TPSA) is 551 Å². The second kappa shape index (κ2) is 35.2. The van der Waals surface area contributed by atoms with Crippen LogP contribution < -0.4 is 88.4 Å². The Morgan fingerprint density at radius 1 is 0.476 bits per heavy atom. The van der Waals surface area contributed by atoms with E-state index in [1.54, 1.807) is 0 Å². The van der Waals surface area contributed by atoms with Gasteiger partial charge in [0, 0.05) is 13.1 Å². The second-order valence-electron chi connectivity index (χ2n) is 20.0. The van der Waals surface area contributed by atoms with Crippen molar-refractivity contribution in [2.75, 3.05) is 39.3 Å². The van der Waals surface area contributed by atoms with Crippen molar-refractivity contribution in [1.82, 2.24) is 42.5 Å². The molecule has 0 aromatic heterocycles. The van der Waals surface area contributed by atoms with E-state index < -0.39 is 160 Å². The monoisotopic (exact) mass is 1200 g/mol. The maximum atomic E-state index is 15.0. The van der Waals surface area contributed by atoms with Crippen LogP contribution in [0.5, 0.6) is 0 Å². The van der Waals surface area contributed by atoms with E-state index in [1.807, 2.05) is 0 Å². The number of nitrogens with zero attached hydrogens (tertiary/aromatic N) is 2. The van der Waals surface area contributed by atoms with E-state index in [9.17, 15) is 62.3 Å². The summed E-state index contributed by atoms with van der Waals surface area (Å²) in [4.78, 5) is 180. The normalized spacial score (nSPS) is 18.4. The molecule has 82 heavy (non-hydrogen) atoms. The molecule has 0 aromatic carbocycles. The summed E-state index contributed by atoms with van der Waals surface area (Å²) in [6, 6.07) is -11.8. The lowest BCUT2D eigenvalue weighted by atomic mass is 9.77. The minimum atomic E-state index is -3.59. The summed E-state index contributed by atoms with van der Waals surface area (Å²) >= 11 is 13.6. The van der Waals surface area contributed by atoms with Crippen molar-refractivity contribution >= 4 is 111 Å². The number of rotatable bonds is 40. The van der Waals surface area contributed by atoms with E-state index in [0.717, 1.165) is 0 Å². The first kappa shape index (κ1) is 71.2. The van der Waals surface area contributed by atoms with Crippen molar-refractivity contribution in [2.24, 2.45) is 55.9 Å². The van der Waals surface area contributed by atoms with Crippen molar-refractivity contribution in [3.8, 4) is 0 Å². The molecular formula is C49H82Cl2N18O13. The first-order valence-electron chi connectivity index (χ1n) is 27.0. The molecule has 2 unspecified atom stereocenters. The van der Waals surface area contributed by atoms with Gasteiger partial charge in [-0.2, -0.15) is 0 Å². The van der Waals surface area contributed by atoms with Crippen LogP contribution in [0.25, 0.3) is 0 Å². The Labute approximate surface area is 484 Å². The standard InChI is InChI=1S/C49H82Cl2N18O13/c1-25(70)48(50,37(74)27(11-3-5-17-52)64-43(80)33(23-35(54)72)68-41(78)31(15-9-21-62-46(56)57)66-39(76)29-13-7-19-60-29)45(82)49(51,26(2)71)38(75)28(12-4-6-18-53)65-44(81)34(24-36(55)73)69-42(79)32(16-10-22-63-47(58)59)67-40(77)30-14-8-20-61-30/h27-34,60-61H,3-24,52-53H2,1-2H3,(H2,54,72)(H2,55,73)(H,64,80)(H,65,81)(H,66,76)(H,67,77)(H,68,78)(H,69,79)(H4,56,57,62)(H4,58,59,63)/t27-,28-,29-,30-,31-,32-,33-,34-,48?,49?/m0/s1. The van der Waals surface area contributed by atoms with Crippen molar-refractivity contribution in [3.05, 3.63) is 0 Å². The molecule has 0 aromatic rings. The smallest absolute Gasteiger partial charge is 0.243 e. The average molecular weight is 1200 g/mol. The highest BCUT2D eigenvalue weighted by molar-refractivity contribution is 6.69. The molecule has 0 bridgehead atoms. The number of hydrogen-bond donors (Lipinski definition) is 16. The van der Waals surface area contributed by atoms with Gasteiger partial charge in [0.25, 0.3) is 0 Å². The van der Waals surface area contributed by atoms with Crippen LogP contribution in [0.3, 0.4) is 0 Å². The van der Waals surface area contributed by atoms with Crippen LogP contribution in [0.15, 0.2) is 9.98 Å². The minimum Gasteiger partial charge on any atom is -0.370 e. The Morgan fingerprint density at radius 3 is 1.07 bits per heavy atom. The number of aliphatic imine (C=N–C) groups is 2. The fraction of sp³-hybridized carbons (Fsp3) is 0.694. The Kier molecular flexibility index (Phi) is 30.5. The lowest BCUT2D eigenvalue weighted by molar-refractivity contribution is -0.145. The number of guanidine groups is 2. The molecule has 8 amide bonds. The molecule has 2 aliphatic heterocycles. The van der Waals surface area contributed by atoms with Gasteiger partial charge in [0.2, 0.25) is 62.8 Å². The Bertz CT molecular complexity index is 2220. The summed E-state index contributed by atoms with van der Waals surface area (Å²) < 4.78 is 0. The van der Waals surface area contributed by atoms with Gasteiger partial charge in [0.05, 0.1) is 37.0 Å². The molecule has 0 saturated carbocycles. The summed E-state index contributed by atoms with van der Waals surface area (Å²) in [5.74, 6) is -16.7. The van der Waals surface area contributed by atoms with E-state index in [1.165, 1.54) is 0 Å². The lowest BCUT2D eigenvalue weighted by Crippen LogP contribution is -2.67.